The number of hydrogen-bond donors (Lipinski definition) is 3. The molecule has 0 heterocycles. The summed E-state index contributed by atoms with van der Waals surface area (Å²) in [5.41, 5.74) is 4.66. The summed E-state index contributed by atoms with van der Waals surface area (Å²) in [6.07, 6.45) is 1.37. The minimum Gasteiger partial charge on any atom is -0.508 e. The van der Waals surface area contributed by atoms with Gasteiger partial charge in [-0.3, -0.25) is 0 Å². The first-order valence-electron chi connectivity index (χ1n) is 9.21. The molecule has 0 unspecified atom stereocenters. The molecule has 4 nitrogen and oxygen atoms in total. The Morgan fingerprint density at radius 3 is 2.48 bits per heavy atom. The molecule has 0 saturated heterocycles. The molecule has 2 rings (SSSR count). The highest BCUT2D eigenvalue weighted by Crippen LogP contribution is 2.21. The smallest absolute Gasteiger partial charge is 0.119 e. The summed E-state index contributed by atoms with van der Waals surface area (Å²) < 4.78 is 5.78. The number of aromatic hydroxyl groups is 1. The van der Waals surface area contributed by atoms with E-state index in [4.69, 9.17) is 4.74 Å². The Balaban J connectivity index is 2.06. The molecule has 0 fully saturated rings. The van der Waals surface area contributed by atoms with Crippen LogP contribution in [0.25, 0.3) is 0 Å². The molecule has 0 radical (unpaired) electrons. The predicted octanol–water partition coefficient (Wildman–Crippen LogP) is 4.38. The molecule has 0 aliphatic rings. The van der Waals surface area contributed by atoms with Gasteiger partial charge in [0.1, 0.15) is 18.1 Å². The van der Waals surface area contributed by atoms with Crippen LogP contribution in [0.5, 0.6) is 11.5 Å². The second-order valence-corrected chi connectivity index (χ2v) is 6.92. The average molecular weight is 368 g/mol. The van der Waals surface area contributed by atoms with Crippen molar-refractivity contribution in [2.45, 2.75) is 38.9 Å². The molecule has 3 N–H and O–H groups in total. The van der Waals surface area contributed by atoms with Gasteiger partial charge in [0.25, 0.3) is 0 Å². The number of rotatable bonds is 9. The Morgan fingerprint density at radius 1 is 1.07 bits per heavy atom. The lowest BCUT2D eigenvalue weighted by molar-refractivity contribution is 0.122. The summed E-state index contributed by atoms with van der Waals surface area (Å²) in [6.45, 7) is 4.26. The van der Waals surface area contributed by atoms with E-state index in [1.807, 2.05) is 44.2 Å². The molecule has 4 heteroatoms. The molecule has 0 aliphatic carbocycles. The quantitative estimate of drug-likeness (QED) is 0.575. The molecule has 2 aromatic rings. The largest absolute Gasteiger partial charge is 0.508 e. The highest BCUT2D eigenvalue weighted by atomic mass is 16.5. The van der Waals surface area contributed by atoms with Crippen molar-refractivity contribution in [1.29, 1.82) is 0 Å². The highest BCUT2D eigenvalue weighted by Gasteiger charge is 2.12. The molecule has 0 aromatic heterocycles. The Labute approximate surface area is 161 Å². The van der Waals surface area contributed by atoms with Crippen molar-refractivity contribution >= 4 is 0 Å². The number of aliphatic hydroxyl groups excluding tert-OH is 2. The lowest BCUT2D eigenvalue weighted by atomic mass is 9.99. The minimum atomic E-state index is -0.726. The van der Waals surface area contributed by atoms with E-state index in [1.165, 1.54) is 0 Å². The molecule has 0 bridgehead atoms. The molecule has 27 heavy (non-hydrogen) atoms. The summed E-state index contributed by atoms with van der Waals surface area (Å²) >= 11 is 0. The fraction of sp³-hybridized carbons (Fsp3) is 0.348. The third-order valence-electron chi connectivity index (χ3n) is 4.28. The van der Waals surface area contributed by atoms with E-state index >= 15 is 0 Å². The molecule has 2 aromatic carbocycles. The SMILES string of the molecule is CC(C)[C@H](O)CC(=C=CC[C@@H](O)c1cccc(O)c1)COc1ccccc1. The molecule has 2 atom stereocenters. The van der Waals surface area contributed by atoms with Crippen molar-refractivity contribution in [3.8, 4) is 11.5 Å². The zero-order valence-corrected chi connectivity index (χ0v) is 15.9. The summed E-state index contributed by atoms with van der Waals surface area (Å²) in [6, 6.07) is 16.1. The van der Waals surface area contributed by atoms with Crippen LogP contribution in [0.3, 0.4) is 0 Å². The number of hydrogen-bond acceptors (Lipinski definition) is 4. The van der Waals surface area contributed by atoms with E-state index in [0.717, 1.165) is 11.3 Å². The molecule has 144 valence electrons. The zero-order valence-electron chi connectivity index (χ0n) is 15.9. The maximum atomic E-state index is 10.3. The Hall–Kier alpha value is -2.52. The van der Waals surface area contributed by atoms with Crippen LogP contribution in [0, 0.1) is 5.92 Å². The number of ether oxygens (including phenoxy) is 1. The maximum Gasteiger partial charge on any atom is 0.119 e. The maximum absolute atomic E-state index is 10.3. The van der Waals surface area contributed by atoms with Gasteiger partial charge in [-0.05, 0) is 41.8 Å². The fourth-order valence-corrected chi connectivity index (χ4v) is 2.52. The lowest BCUT2D eigenvalue weighted by Crippen LogP contribution is -2.17. The first-order valence-corrected chi connectivity index (χ1v) is 9.21. The average Bonchev–Trinajstić information content (AvgIpc) is 2.66. The molecule has 0 aliphatic heterocycles. The number of benzene rings is 2. The Kier molecular flexibility index (Phi) is 8.15. The van der Waals surface area contributed by atoms with Crippen molar-refractivity contribution < 1.29 is 20.1 Å². The van der Waals surface area contributed by atoms with Gasteiger partial charge < -0.3 is 20.1 Å². The Bertz CT molecular complexity index is 761. The van der Waals surface area contributed by atoms with Crippen molar-refractivity contribution in [3.05, 3.63) is 77.5 Å². The van der Waals surface area contributed by atoms with E-state index in [-0.39, 0.29) is 11.7 Å². The second-order valence-electron chi connectivity index (χ2n) is 6.92. The molecule has 0 amide bonds. The lowest BCUT2D eigenvalue weighted by Gasteiger charge is -2.16. The molecule has 0 spiro atoms. The van der Waals surface area contributed by atoms with Gasteiger partial charge in [0.2, 0.25) is 0 Å². The van der Waals surface area contributed by atoms with Gasteiger partial charge in [-0.1, -0.05) is 44.2 Å². The van der Waals surface area contributed by atoms with Crippen molar-refractivity contribution in [1.82, 2.24) is 0 Å². The second kappa shape index (κ2) is 10.6. The number of phenolic OH excluding ortho intramolecular Hbond substituents is 1. The van der Waals surface area contributed by atoms with Crippen molar-refractivity contribution in [3.63, 3.8) is 0 Å². The van der Waals surface area contributed by atoms with Crippen LogP contribution in [0.1, 0.15) is 38.4 Å². The van der Waals surface area contributed by atoms with Gasteiger partial charge in [0.15, 0.2) is 0 Å². The number of aliphatic hydroxyl groups is 2. The van der Waals surface area contributed by atoms with E-state index in [2.05, 4.69) is 5.73 Å². The van der Waals surface area contributed by atoms with Gasteiger partial charge in [0.05, 0.1) is 12.2 Å². The van der Waals surface area contributed by atoms with Gasteiger partial charge >= 0.3 is 0 Å². The third kappa shape index (κ3) is 7.32. The molecular weight excluding hydrogens is 340 g/mol. The van der Waals surface area contributed by atoms with Crippen LogP contribution in [-0.4, -0.2) is 28.0 Å². The number of phenols is 1. The van der Waals surface area contributed by atoms with Crippen LogP contribution < -0.4 is 4.74 Å². The summed E-state index contributed by atoms with van der Waals surface area (Å²) in [5.74, 6) is 1.02. The molecule has 0 saturated carbocycles. The van der Waals surface area contributed by atoms with Crippen molar-refractivity contribution in [2.24, 2.45) is 5.92 Å². The van der Waals surface area contributed by atoms with E-state index in [0.29, 0.717) is 25.0 Å². The predicted molar refractivity (Wildman–Crippen MR) is 107 cm³/mol. The van der Waals surface area contributed by atoms with Crippen LogP contribution >= 0.6 is 0 Å². The fourth-order valence-electron chi connectivity index (χ4n) is 2.52. The Morgan fingerprint density at radius 2 is 1.81 bits per heavy atom. The zero-order chi connectivity index (χ0) is 19.6. The highest BCUT2D eigenvalue weighted by molar-refractivity contribution is 5.29. The normalized spacial score (nSPS) is 12.9. The van der Waals surface area contributed by atoms with Gasteiger partial charge in [-0.2, -0.15) is 0 Å². The minimum absolute atomic E-state index is 0.128. The van der Waals surface area contributed by atoms with Crippen LogP contribution in [0.4, 0.5) is 0 Å². The molecular formula is C23H28O4. The van der Waals surface area contributed by atoms with Crippen LogP contribution in [0.2, 0.25) is 0 Å². The third-order valence-corrected chi connectivity index (χ3v) is 4.28. The standard InChI is InChI=1S/C23H28O4/c1-17(2)23(26)14-18(16-27-21-11-4-3-5-12-21)8-6-13-22(25)19-9-7-10-20(24)15-19/h3-7,9-12,15,17,22-26H,13-14,16H2,1-2H3/t8?,22-,23-/m1/s1. The van der Waals surface area contributed by atoms with Crippen molar-refractivity contribution in [2.75, 3.05) is 6.61 Å². The summed E-state index contributed by atoms with van der Waals surface area (Å²) in [5, 5.41) is 30.0. The van der Waals surface area contributed by atoms with Gasteiger partial charge in [-0.25, -0.2) is 0 Å². The topological polar surface area (TPSA) is 69.9 Å². The summed E-state index contributed by atoms with van der Waals surface area (Å²) in [4.78, 5) is 0. The van der Waals surface area contributed by atoms with E-state index in [1.54, 1.807) is 30.3 Å². The van der Waals surface area contributed by atoms with E-state index in [9.17, 15) is 15.3 Å². The first-order chi connectivity index (χ1) is 13.0. The van der Waals surface area contributed by atoms with Gasteiger partial charge in [-0.15, -0.1) is 5.73 Å². The summed E-state index contributed by atoms with van der Waals surface area (Å²) in [7, 11) is 0. The van der Waals surface area contributed by atoms with Gasteiger partial charge in [0, 0.05) is 18.4 Å². The number of para-hydroxylation sites is 1. The first kappa shape index (κ1) is 20.8. The van der Waals surface area contributed by atoms with E-state index < -0.39 is 12.2 Å². The van der Waals surface area contributed by atoms with Crippen LogP contribution in [0.15, 0.2) is 72.0 Å². The monoisotopic (exact) mass is 368 g/mol. The van der Waals surface area contributed by atoms with Crippen LogP contribution in [-0.2, 0) is 0 Å².